The second kappa shape index (κ2) is 12.9. The third-order valence-corrected chi connectivity index (χ3v) is 6.50. The van der Waals surface area contributed by atoms with E-state index in [0.29, 0.717) is 30.4 Å². The fraction of sp³-hybridized carbons (Fsp3) is 0.355. The maximum atomic E-state index is 12.5. The first-order chi connectivity index (χ1) is 18.1. The number of nitrogens with zero attached hydrogens (tertiary/aromatic N) is 2. The van der Waals surface area contributed by atoms with Gasteiger partial charge in [0.15, 0.2) is 0 Å². The maximum absolute atomic E-state index is 12.5. The van der Waals surface area contributed by atoms with Gasteiger partial charge in [-0.15, -0.1) is 0 Å². The second-order valence-electron chi connectivity index (χ2n) is 9.51. The highest BCUT2D eigenvalue weighted by Crippen LogP contribution is 2.26. The molecule has 194 valence electrons. The van der Waals surface area contributed by atoms with Gasteiger partial charge >= 0.3 is 0 Å². The number of rotatable bonds is 13. The molecule has 0 radical (unpaired) electrons. The summed E-state index contributed by atoms with van der Waals surface area (Å²) in [5.41, 5.74) is 4.03. The molecule has 0 saturated heterocycles. The highest BCUT2D eigenvalue weighted by atomic mass is 16.5. The molecule has 1 amide bonds. The SMILES string of the molecule is COc1cccc(C(=O)NCCCc2nc3ccccc3n2CCCCOc2ccccc2C(C)C)c1. The van der Waals surface area contributed by atoms with E-state index in [1.165, 1.54) is 5.56 Å². The number of hydrogen-bond acceptors (Lipinski definition) is 4. The number of para-hydroxylation sites is 3. The number of carbonyl (C=O) groups excluding carboxylic acids is 1. The van der Waals surface area contributed by atoms with Crippen LogP contribution in [0.15, 0.2) is 72.8 Å². The molecule has 4 rings (SSSR count). The molecule has 1 heterocycles. The van der Waals surface area contributed by atoms with Gasteiger partial charge in [-0.1, -0.05) is 50.2 Å². The quantitative estimate of drug-likeness (QED) is 0.217. The van der Waals surface area contributed by atoms with Gasteiger partial charge in [0.2, 0.25) is 0 Å². The zero-order chi connectivity index (χ0) is 26.0. The van der Waals surface area contributed by atoms with Crippen molar-refractivity contribution in [3.8, 4) is 11.5 Å². The van der Waals surface area contributed by atoms with E-state index in [1.54, 1.807) is 19.2 Å². The third-order valence-electron chi connectivity index (χ3n) is 6.50. The van der Waals surface area contributed by atoms with Crippen molar-refractivity contribution in [2.75, 3.05) is 20.3 Å². The Balaban J connectivity index is 1.30. The number of hydrogen-bond donors (Lipinski definition) is 1. The Labute approximate surface area is 219 Å². The van der Waals surface area contributed by atoms with Crippen LogP contribution in [0.5, 0.6) is 11.5 Å². The first kappa shape index (κ1) is 26.3. The van der Waals surface area contributed by atoms with E-state index >= 15 is 0 Å². The van der Waals surface area contributed by atoms with Gasteiger partial charge in [-0.3, -0.25) is 4.79 Å². The number of ether oxygens (including phenoxy) is 2. The van der Waals surface area contributed by atoms with E-state index in [0.717, 1.165) is 54.8 Å². The number of nitrogens with one attached hydrogen (secondary N) is 1. The molecule has 37 heavy (non-hydrogen) atoms. The van der Waals surface area contributed by atoms with Crippen LogP contribution >= 0.6 is 0 Å². The Morgan fingerprint density at radius 1 is 0.973 bits per heavy atom. The van der Waals surface area contributed by atoms with Crippen LogP contribution < -0.4 is 14.8 Å². The Hall–Kier alpha value is -3.80. The molecular formula is C31H37N3O3. The van der Waals surface area contributed by atoms with Crippen LogP contribution in [0.2, 0.25) is 0 Å². The van der Waals surface area contributed by atoms with E-state index in [4.69, 9.17) is 14.5 Å². The summed E-state index contributed by atoms with van der Waals surface area (Å²) in [7, 11) is 1.60. The van der Waals surface area contributed by atoms with Crippen molar-refractivity contribution in [1.82, 2.24) is 14.9 Å². The number of imidazole rings is 1. The molecule has 0 atom stereocenters. The number of carbonyl (C=O) groups is 1. The largest absolute Gasteiger partial charge is 0.497 e. The van der Waals surface area contributed by atoms with Crippen LogP contribution in [0, 0.1) is 0 Å². The van der Waals surface area contributed by atoms with Crippen molar-refractivity contribution >= 4 is 16.9 Å². The van der Waals surface area contributed by atoms with Crippen LogP contribution in [0.3, 0.4) is 0 Å². The lowest BCUT2D eigenvalue weighted by Crippen LogP contribution is -2.25. The van der Waals surface area contributed by atoms with E-state index in [2.05, 4.69) is 60.1 Å². The van der Waals surface area contributed by atoms with E-state index in [9.17, 15) is 4.79 Å². The average molecular weight is 500 g/mol. The Morgan fingerprint density at radius 3 is 2.62 bits per heavy atom. The lowest BCUT2D eigenvalue weighted by Gasteiger charge is -2.14. The van der Waals surface area contributed by atoms with Crippen LogP contribution in [0.4, 0.5) is 0 Å². The van der Waals surface area contributed by atoms with Gasteiger partial charge in [-0.05, 0) is 67.1 Å². The van der Waals surface area contributed by atoms with E-state index < -0.39 is 0 Å². The van der Waals surface area contributed by atoms with E-state index in [1.807, 2.05) is 24.3 Å². The zero-order valence-electron chi connectivity index (χ0n) is 22.1. The molecule has 0 unspecified atom stereocenters. The number of aryl methyl sites for hydroxylation is 2. The minimum Gasteiger partial charge on any atom is -0.497 e. The first-order valence-corrected chi connectivity index (χ1v) is 13.1. The molecule has 4 aromatic rings. The van der Waals surface area contributed by atoms with E-state index in [-0.39, 0.29) is 5.91 Å². The van der Waals surface area contributed by atoms with Gasteiger partial charge in [0, 0.05) is 25.1 Å². The molecule has 0 fully saturated rings. The maximum Gasteiger partial charge on any atom is 0.251 e. The van der Waals surface area contributed by atoms with Crippen LogP contribution in [-0.2, 0) is 13.0 Å². The molecule has 0 aliphatic heterocycles. The topological polar surface area (TPSA) is 65.4 Å². The standard InChI is InChI=1S/C31H37N3O3/c1-23(2)26-14-4-7-17-29(26)37-21-9-8-20-34-28-16-6-5-15-27(28)33-30(34)18-11-19-32-31(35)24-12-10-13-25(22-24)36-3/h4-7,10,12-17,22-23H,8-9,11,18-21H2,1-3H3,(H,32,35). The first-order valence-electron chi connectivity index (χ1n) is 13.1. The number of methoxy groups -OCH3 is 1. The van der Waals surface area contributed by atoms with Crippen molar-refractivity contribution in [1.29, 1.82) is 0 Å². The van der Waals surface area contributed by atoms with Crippen molar-refractivity contribution in [2.24, 2.45) is 0 Å². The molecule has 1 aromatic heterocycles. The summed E-state index contributed by atoms with van der Waals surface area (Å²) < 4.78 is 13.7. The summed E-state index contributed by atoms with van der Waals surface area (Å²) in [4.78, 5) is 17.4. The smallest absolute Gasteiger partial charge is 0.251 e. The fourth-order valence-electron chi connectivity index (χ4n) is 4.52. The summed E-state index contributed by atoms with van der Waals surface area (Å²) in [6, 6.07) is 23.8. The lowest BCUT2D eigenvalue weighted by atomic mass is 10.0. The number of aromatic nitrogens is 2. The number of benzene rings is 3. The summed E-state index contributed by atoms with van der Waals surface area (Å²) in [5, 5.41) is 3.01. The van der Waals surface area contributed by atoms with Crippen LogP contribution in [0.25, 0.3) is 11.0 Å². The van der Waals surface area contributed by atoms with Gasteiger partial charge in [0.25, 0.3) is 5.91 Å². The zero-order valence-corrected chi connectivity index (χ0v) is 22.1. The van der Waals surface area contributed by atoms with Crippen LogP contribution in [0.1, 0.15) is 60.8 Å². The second-order valence-corrected chi connectivity index (χ2v) is 9.51. The van der Waals surface area contributed by atoms with Crippen molar-refractivity contribution in [3.63, 3.8) is 0 Å². The van der Waals surface area contributed by atoms with Crippen molar-refractivity contribution in [2.45, 2.75) is 52.0 Å². The molecule has 6 nitrogen and oxygen atoms in total. The molecule has 0 bridgehead atoms. The van der Waals surface area contributed by atoms with Gasteiger partial charge < -0.3 is 19.4 Å². The predicted molar refractivity (Wildman–Crippen MR) is 149 cm³/mol. The molecule has 0 aliphatic rings. The Morgan fingerprint density at radius 2 is 1.78 bits per heavy atom. The summed E-state index contributed by atoms with van der Waals surface area (Å²) in [6.45, 7) is 6.56. The molecule has 1 N–H and O–H groups in total. The molecule has 0 aliphatic carbocycles. The molecule has 3 aromatic carbocycles. The molecular weight excluding hydrogens is 462 g/mol. The summed E-state index contributed by atoms with van der Waals surface area (Å²) in [6.07, 6.45) is 3.58. The summed E-state index contributed by atoms with van der Waals surface area (Å²) >= 11 is 0. The lowest BCUT2D eigenvalue weighted by molar-refractivity contribution is 0.0952. The van der Waals surface area contributed by atoms with Crippen molar-refractivity contribution in [3.05, 3.63) is 89.7 Å². The monoisotopic (exact) mass is 499 g/mol. The number of fused-ring (bicyclic) bond motifs is 1. The Bertz CT molecular complexity index is 1310. The highest BCUT2D eigenvalue weighted by molar-refractivity contribution is 5.94. The average Bonchev–Trinajstić information content (AvgIpc) is 3.28. The Kier molecular flexibility index (Phi) is 9.19. The predicted octanol–water partition coefficient (Wildman–Crippen LogP) is 6.39. The number of amides is 1. The summed E-state index contributed by atoms with van der Waals surface area (Å²) in [5.74, 6) is 3.07. The van der Waals surface area contributed by atoms with Gasteiger partial charge in [0.1, 0.15) is 17.3 Å². The van der Waals surface area contributed by atoms with Gasteiger partial charge in [0.05, 0.1) is 24.8 Å². The number of unbranched alkanes of at least 4 members (excludes halogenated alkanes) is 1. The molecule has 0 saturated carbocycles. The highest BCUT2D eigenvalue weighted by Gasteiger charge is 2.12. The van der Waals surface area contributed by atoms with Gasteiger partial charge in [-0.25, -0.2) is 4.98 Å². The molecule has 0 spiro atoms. The fourth-order valence-corrected chi connectivity index (χ4v) is 4.52. The molecule has 6 heteroatoms. The van der Waals surface area contributed by atoms with Crippen molar-refractivity contribution < 1.29 is 14.3 Å². The van der Waals surface area contributed by atoms with Gasteiger partial charge in [-0.2, -0.15) is 0 Å². The normalized spacial score (nSPS) is 11.1. The minimum absolute atomic E-state index is 0.0913. The third kappa shape index (κ3) is 6.91. The minimum atomic E-state index is -0.0913. The van der Waals surface area contributed by atoms with Crippen LogP contribution in [-0.4, -0.2) is 35.7 Å².